The third-order valence-corrected chi connectivity index (χ3v) is 7.12. The second-order valence-corrected chi connectivity index (χ2v) is 9.22. The number of pyridine rings is 3. The van der Waals surface area contributed by atoms with Crippen LogP contribution in [0.15, 0.2) is 55.1 Å². The Hall–Kier alpha value is -4.16. The number of nitrogens with zero attached hydrogens (tertiary/aromatic N) is 7. The summed E-state index contributed by atoms with van der Waals surface area (Å²) in [6.07, 6.45) is 8.33. The van der Waals surface area contributed by atoms with E-state index in [1.54, 1.807) is 24.0 Å². The largest absolute Gasteiger partial charge is 0.492 e. The van der Waals surface area contributed by atoms with Crippen LogP contribution in [0.2, 0.25) is 0 Å². The Morgan fingerprint density at radius 1 is 1.08 bits per heavy atom. The number of piperazine rings is 1. The van der Waals surface area contributed by atoms with Gasteiger partial charge in [0.2, 0.25) is 5.88 Å². The SMILES string of the molecule is CCOc1cc(-c2ccc(N3C[C@@H]4C[C@H]3CN4Cc3ccc(OC)nc3)nc2)c2c(C#N)cnn2c1. The Morgan fingerprint density at radius 3 is 2.67 bits per heavy atom. The van der Waals surface area contributed by atoms with Crippen molar-refractivity contribution in [3.63, 3.8) is 0 Å². The van der Waals surface area contributed by atoms with Gasteiger partial charge in [0.25, 0.3) is 0 Å². The fourth-order valence-corrected chi connectivity index (χ4v) is 5.44. The summed E-state index contributed by atoms with van der Waals surface area (Å²) in [5.74, 6) is 2.34. The molecule has 9 nitrogen and oxygen atoms in total. The lowest BCUT2D eigenvalue weighted by molar-refractivity contribution is 0.229. The molecule has 2 saturated heterocycles. The average Bonchev–Trinajstić information content (AvgIpc) is 3.63. The van der Waals surface area contributed by atoms with Crippen molar-refractivity contribution in [2.75, 3.05) is 31.7 Å². The third-order valence-electron chi connectivity index (χ3n) is 7.12. The molecule has 2 aliphatic heterocycles. The lowest BCUT2D eigenvalue weighted by atomic mass is 10.1. The summed E-state index contributed by atoms with van der Waals surface area (Å²) in [5.41, 5.74) is 4.31. The first-order valence-corrected chi connectivity index (χ1v) is 12.2. The van der Waals surface area contributed by atoms with Gasteiger partial charge in [0.1, 0.15) is 17.6 Å². The van der Waals surface area contributed by atoms with Crippen molar-refractivity contribution in [3.8, 4) is 28.8 Å². The number of rotatable bonds is 7. The number of hydrogen-bond acceptors (Lipinski definition) is 8. The Morgan fingerprint density at radius 2 is 2.00 bits per heavy atom. The molecule has 6 heterocycles. The highest BCUT2D eigenvalue weighted by molar-refractivity contribution is 5.85. The quantitative estimate of drug-likeness (QED) is 0.396. The van der Waals surface area contributed by atoms with E-state index < -0.39 is 0 Å². The summed E-state index contributed by atoms with van der Waals surface area (Å²) in [6, 6.07) is 13.3. The van der Waals surface area contributed by atoms with E-state index in [2.05, 4.69) is 44.2 Å². The minimum atomic E-state index is 0.451. The second-order valence-electron chi connectivity index (χ2n) is 9.22. The van der Waals surface area contributed by atoms with Crippen molar-refractivity contribution in [2.45, 2.75) is 32.0 Å². The number of methoxy groups -OCH3 is 1. The van der Waals surface area contributed by atoms with Gasteiger partial charge in [-0.15, -0.1) is 0 Å². The third kappa shape index (κ3) is 3.89. The maximum atomic E-state index is 9.58. The van der Waals surface area contributed by atoms with E-state index in [0.29, 0.717) is 35.9 Å². The summed E-state index contributed by atoms with van der Waals surface area (Å²) in [7, 11) is 1.64. The molecule has 0 amide bonds. The Kier molecular flexibility index (Phi) is 5.66. The smallest absolute Gasteiger partial charge is 0.212 e. The number of aromatic nitrogens is 4. The van der Waals surface area contributed by atoms with Crippen LogP contribution >= 0.6 is 0 Å². The number of ether oxygens (including phenoxy) is 2. The number of anilines is 1. The van der Waals surface area contributed by atoms with Crippen LogP contribution in [0.1, 0.15) is 24.5 Å². The molecule has 0 spiro atoms. The lowest BCUT2D eigenvalue weighted by Crippen LogP contribution is -2.46. The standard InChI is InChI=1S/C27H27N7O2/c1-3-36-23-9-24(27-20(10-28)13-31-34(27)17-23)19-5-6-25(29-12-19)33-16-21-8-22(33)15-32(21)14-18-4-7-26(35-2)30-11-18/h4-7,9,11-13,17,21-22H,3,8,14-16H2,1-2H3/t21-,22-/m0/s1. The second kappa shape index (κ2) is 9.13. The predicted octanol–water partition coefficient (Wildman–Crippen LogP) is 3.53. The fraction of sp³-hybridized carbons (Fsp3) is 0.333. The van der Waals surface area contributed by atoms with Crippen LogP contribution in [-0.4, -0.2) is 63.4 Å². The summed E-state index contributed by atoms with van der Waals surface area (Å²) in [5, 5.41) is 13.9. The molecule has 0 saturated carbocycles. The molecule has 2 aliphatic rings. The average molecular weight is 482 g/mol. The van der Waals surface area contributed by atoms with Crippen molar-refractivity contribution >= 4 is 11.3 Å². The van der Waals surface area contributed by atoms with Gasteiger partial charge in [0.15, 0.2) is 0 Å². The summed E-state index contributed by atoms with van der Waals surface area (Å²) < 4.78 is 12.6. The number of likely N-dealkylation sites (tertiary alicyclic amines) is 1. The van der Waals surface area contributed by atoms with Crippen molar-refractivity contribution in [1.29, 1.82) is 5.26 Å². The highest BCUT2D eigenvalue weighted by Crippen LogP contribution is 2.36. The van der Waals surface area contributed by atoms with Gasteiger partial charge in [-0.1, -0.05) is 6.07 Å². The molecular weight excluding hydrogens is 454 g/mol. The summed E-state index contributed by atoms with van der Waals surface area (Å²) in [4.78, 5) is 14.1. The zero-order valence-electron chi connectivity index (χ0n) is 20.3. The van der Waals surface area contributed by atoms with E-state index in [4.69, 9.17) is 14.5 Å². The molecule has 2 fully saturated rings. The van der Waals surface area contributed by atoms with Crippen LogP contribution in [0.4, 0.5) is 5.82 Å². The van der Waals surface area contributed by atoms with E-state index in [1.807, 2.05) is 31.5 Å². The number of nitriles is 1. The molecule has 36 heavy (non-hydrogen) atoms. The molecule has 182 valence electrons. The molecule has 4 aromatic heterocycles. The lowest BCUT2D eigenvalue weighted by Gasteiger charge is -2.35. The minimum absolute atomic E-state index is 0.451. The van der Waals surface area contributed by atoms with Crippen LogP contribution in [0, 0.1) is 11.3 Å². The Balaban J connectivity index is 1.20. The molecule has 2 bridgehead atoms. The van der Waals surface area contributed by atoms with E-state index in [9.17, 15) is 5.26 Å². The van der Waals surface area contributed by atoms with Crippen LogP contribution in [-0.2, 0) is 6.54 Å². The van der Waals surface area contributed by atoms with E-state index >= 15 is 0 Å². The van der Waals surface area contributed by atoms with Crippen LogP contribution < -0.4 is 14.4 Å². The van der Waals surface area contributed by atoms with Gasteiger partial charge in [-0.05, 0) is 37.1 Å². The van der Waals surface area contributed by atoms with E-state index in [0.717, 1.165) is 48.5 Å². The Labute approximate surface area is 209 Å². The van der Waals surface area contributed by atoms with Crippen molar-refractivity contribution < 1.29 is 9.47 Å². The molecule has 9 heteroatoms. The molecular formula is C27H27N7O2. The number of hydrogen-bond donors (Lipinski definition) is 0. The Bertz CT molecular complexity index is 1430. The first-order valence-electron chi connectivity index (χ1n) is 12.2. The molecule has 6 rings (SSSR count). The molecule has 0 N–H and O–H groups in total. The normalized spacial score (nSPS) is 19.1. The minimum Gasteiger partial charge on any atom is -0.492 e. The first-order chi connectivity index (χ1) is 17.7. The van der Waals surface area contributed by atoms with Gasteiger partial charge >= 0.3 is 0 Å². The van der Waals surface area contributed by atoms with Gasteiger partial charge in [0, 0.05) is 61.3 Å². The van der Waals surface area contributed by atoms with Crippen molar-refractivity contribution in [1.82, 2.24) is 24.5 Å². The van der Waals surface area contributed by atoms with Gasteiger partial charge in [-0.2, -0.15) is 10.4 Å². The van der Waals surface area contributed by atoms with Crippen LogP contribution in [0.5, 0.6) is 11.6 Å². The maximum Gasteiger partial charge on any atom is 0.212 e. The first kappa shape index (κ1) is 22.3. The number of fused-ring (bicyclic) bond motifs is 3. The summed E-state index contributed by atoms with van der Waals surface area (Å²) in [6.45, 7) is 5.38. The molecule has 0 aliphatic carbocycles. The van der Waals surface area contributed by atoms with Crippen molar-refractivity contribution in [3.05, 3.63) is 66.2 Å². The van der Waals surface area contributed by atoms with Crippen LogP contribution in [0.3, 0.4) is 0 Å². The van der Waals surface area contributed by atoms with E-state index in [-0.39, 0.29) is 0 Å². The molecule has 2 atom stereocenters. The van der Waals surface area contributed by atoms with Crippen molar-refractivity contribution in [2.24, 2.45) is 0 Å². The zero-order chi connectivity index (χ0) is 24.6. The highest BCUT2D eigenvalue weighted by atomic mass is 16.5. The molecule has 4 aromatic rings. The van der Waals surface area contributed by atoms with Gasteiger partial charge < -0.3 is 14.4 Å². The monoisotopic (exact) mass is 481 g/mol. The molecule has 0 unspecified atom stereocenters. The molecule has 0 radical (unpaired) electrons. The maximum absolute atomic E-state index is 9.58. The van der Waals surface area contributed by atoms with Gasteiger partial charge in [0.05, 0.1) is 37.2 Å². The van der Waals surface area contributed by atoms with Gasteiger partial charge in [-0.25, -0.2) is 14.5 Å². The molecule has 0 aromatic carbocycles. The summed E-state index contributed by atoms with van der Waals surface area (Å²) >= 11 is 0. The van der Waals surface area contributed by atoms with Crippen LogP contribution in [0.25, 0.3) is 16.6 Å². The van der Waals surface area contributed by atoms with E-state index in [1.165, 1.54) is 5.56 Å². The topological polar surface area (TPSA) is 91.8 Å². The highest BCUT2D eigenvalue weighted by Gasteiger charge is 2.43. The predicted molar refractivity (Wildman–Crippen MR) is 135 cm³/mol. The zero-order valence-corrected chi connectivity index (χ0v) is 20.3. The fourth-order valence-electron chi connectivity index (χ4n) is 5.44. The van der Waals surface area contributed by atoms with Gasteiger partial charge in [-0.3, -0.25) is 4.90 Å².